The number of hydrogen-bond acceptors (Lipinski definition) is 3. The summed E-state index contributed by atoms with van der Waals surface area (Å²) in [4.78, 5) is 0. The number of sulfonamides is 1. The fourth-order valence-corrected chi connectivity index (χ4v) is 2.29. The van der Waals surface area contributed by atoms with Crippen molar-refractivity contribution in [2.45, 2.75) is 12.7 Å². The van der Waals surface area contributed by atoms with Crippen LogP contribution < -0.4 is 10.0 Å². The number of hydrogen-bond donors (Lipinski definition) is 1. The number of halogens is 2. The van der Waals surface area contributed by atoms with Gasteiger partial charge in [-0.3, -0.25) is 4.31 Å². The van der Waals surface area contributed by atoms with Gasteiger partial charge in [-0.25, -0.2) is 8.42 Å². The molecule has 0 aliphatic heterocycles. The maximum absolute atomic E-state index is 12.4. The summed E-state index contributed by atoms with van der Waals surface area (Å²) in [7, 11) is -4.64. The number of alkyl halides is 2. The van der Waals surface area contributed by atoms with Crippen molar-refractivity contribution in [1.29, 1.82) is 0 Å². The molecule has 7 heteroatoms. The highest BCUT2D eigenvalue weighted by Crippen LogP contribution is 2.27. The Bertz CT molecular complexity index is 462. The Labute approximate surface area is 92.7 Å². The lowest BCUT2D eigenvalue weighted by Crippen LogP contribution is -2.35. The first-order chi connectivity index (χ1) is 7.41. The molecule has 4 nitrogen and oxygen atoms in total. The van der Waals surface area contributed by atoms with Crippen molar-refractivity contribution in [3.8, 4) is 0 Å². The van der Waals surface area contributed by atoms with Crippen LogP contribution in [-0.2, 0) is 10.0 Å². The maximum atomic E-state index is 12.4. The summed E-state index contributed by atoms with van der Waals surface area (Å²) in [5.74, 6) is -3.45. The van der Waals surface area contributed by atoms with E-state index in [1.54, 1.807) is 6.07 Å². The van der Waals surface area contributed by atoms with Crippen molar-refractivity contribution in [1.82, 2.24) is 0 Å². The third-order valence-corrected chi connectivity index (χ3v) is 3.54. The molecular formula is C9H12F2N2O2S. The second-order valence-corrected chi connectivity index (χ2v) is 4.86. The molecule has 1 aromatic rings. The maximum Gasteiger partial charge on any atom is 0.355 e. The Morgan fingerprint density at radius 3 is 2.38 bits per heavy atom. The normalized spacial score (nSPS) is 11.8. The van der Waals surface area contributed by atoms with E-state index in [-0.39, 0.29) is 17.9 Å². The zero-order valence-electron chi connectivity index (χ0n) is 8.60. The van der Waals surface area contributed by atoms with Crippen LogP contribution in [0.4, 0.5) is 20.2 Å². The lowest BCUT2D eigenvalue weighted by atomic mass is 10.3. The minimum atomic E-state index is -4.64. The molecule has 0 aliphatic rings. The summed E-state index contributed by atoms with van der Waals surface area (Å²) in [6.07, 6.45) is 0. The molecule has 0 aliphatic carbocycles. The van der Waals surface area contributed by atoms with Crippen LogP contribution in [0.25, 0.3) is 0 Å². The number of nitrogens with two attached hydrogens (primary N) is 1. The van der Waals surface area contributed by atoms with Crippen LogP contribution in [-0.4, -0.2) is 20.7 Å². The first-order valence-corrected chi connectivity index (χ1v) is 6.05. The molecule has 2 N–H and O–H groups in total. The van der Waals surface area contributed by atoms with Crippen molar-refractivity contribution in [2.75, 3.05) is 16.6 Å². The van der Waals surface area contributed by atoms with Crippen molar-refractivity contribution >= 4 is 21.4 Å². The standard InChI is InChI=1S/C9H12F2N2O2S/c1-2-13(16(14,15)9(10)11)8-6-4-3-5-7(8)12/h3-6,9H,2,12H2,1H3. The Kier molecular flexibility index (Phi) is 3.69. The van der Waals surface area contributed by atoms with Gasteiger partial charge in [0.2, 0.25) is 0 Å². The van der Waals surface area contributed by atoms with Gasteiger partial charge in [0.1, 0.15) is 0 Å². The summed E-state index contributed by atoms with van der Waals surface area (Å²) >= 11 is 0. The zero-order valence-corrected chi connectivity index (χ0v) is 9.42. The molecule has 90 valence electrons. The molecule has 0 unspecified atom stereocenters. The monoisotopic (exact) mass is 250 g/mol. The minimum absolute atomic E-state index is 0.0744. The SMILES string of the molecule is CCN(c1ccccc1N)S(=O)(=O)C(F)F. The smallest absolute Gasteiger partial charge is 0.355 e. The van der Waals surface area contributed by atoms with Gasteiger partial charge >= 0.3 is 5.76 Å². The number of nitrogens with zero attached hydrogens (tertiary/aromatic N) is 1. The van der Waals surface area contributed by atoms with Crippen LogP contribution in [0.15, 0.2) is 24.3 Å². The van der Waals surface area contributed by atoms with Gasteiger partial charge in [0.15, 0.2) is 0 Å². The van der Waals surface area contributed by atoms with Crippen molar-refractivity contribution in [3.63, 3.8) is 0 Å². The highest BCUT2D eigenvalue weighted by atomic mass is 32.2. The molecule has 0 spiro atoms. The number of rotatable bonds is 4. The van der Waals surface area contributed by atoms with Crippen LogP contribution in [0, 0.1) is 0 Å². The molecule has 0 heterocycles. The average molecular weight is 250 g/mol. The summed E-state index contributed by atoms with van der Waals surface area (Å²) in [6, 6.07) is 5.98. The summed E-state index contributed by atoms with van der Waals surface area (Å²) in [5, 5.41) is 0. The van der Waals surface area contributed by atoms with Crippen LogP contribution in [0.2, 0.25) is 0 Å². The Hall–Kier alpha value is -1.37. The van der Waals surface area contributed by atoms with Gasteiger partial charge in [-0.05, 0) is 19.1 Å². The van der Waals surface area contributed by atoms with Crippen LogP contribution in [0.5, 0.6) is 0 Å². The van der Waals surface area contributed by atoms with Gasteiger partial charge in [-0.2, -0.15) is 8.78 Å². The largest absolute Gasteiger partial charge is 0.397 e. The van der Waals surface area contributed by atoms with E-state index < -0.39 is 15.8 Å². The Morgan fingerprint density at radius 2 is 1.94 bits per heavy atom. The molecule has 0 atom stereocenters. The van der Waals surface area contributed by atoms with Crippen molar-refractivity contribution in [2.24, 2.45) is 0 Å². The second-order valence-electron chi connectivity index (χ2n) is 3.03. The van der Waals surface area contributed by atoms with Gasteiger partial charge in [0.05, 0.1) is 11.4 Å². The van der Waals surface area contributed by atoms with Gasteiger partial charge in [0.25, 0.3) is 10.0 Å². The predicted octanol–water partition coefficient (Wildman–Crippen LogP) is 1.65. The third kappa shape index (κ3) is 2.24. The van der Waals surface area contributed by atoms with Crippen molar-refractivity contribution < 1.29 is 17.2 Å². The fourth-order valence-electron chi connectivity index (χ4n) is 1.30. The minimum Gasteiger partial charge on any atom is -0.397 e. The fraction of sp³-hybridized carbons (Fsp3) is 0.333. The van der Waals surface area contributed by atoms with E-state index in [9.17, 15) is 17.2 Å². The molecule has 1 aromatic carbocycles. The van der Waals surface area contributed by atoms with E-state index in [2.05, 4.69) is 0 Å². The lowest BCUT2D eigenvalue weighted by Gasteiger charge is -2.23. The Balaban J connectivity index is 3.25. The van der Waals surface area contributed by atoms with E-state index in [0.717, 1.165) is 0 Å². The van der Waals surface area contributed by atoms with Crippen LogP contribution in [0.1, 0.15) is 6.92 Å². The van der Waals surface area contributed by atoms with E-state index in [4.69, 9.17) is 5.73 Å². The summed E-state index contributed by atoms with van der Waals surface area (Å²) < 4.78 is 48.1. The van der Waals surface area contributed by atoms with Crippen LogP contribution in [0.3, 0.4) is 0 Å². The first kappa shape index (κ1) is 12.7. The number of nitrogen functional groups attached to an aromatic ring is 1. The summed E-state index contributed by atoms with van der Waals surface area (Å²) in [6.45, 7) is 1.37. The molecule has 0 fully saturated rings. The number of anilines is 2. The molecule has 0 amide bonds. The molecule has 0 bridgehead atoms. The molecule has 1 rings (SSSR count). The molecule has 0 radical (unpaired) electrons. The molecular weight excluding hydrogens is 238 g/mol. The van der Waals surface area contributed by atoms with E-state index in [0.29, 0.717) is 4.31 Å². The third-order valence-electron chi connectivity index (χ3n) is 2.03. The molecule has 16 heavy (non-hydrogen) atoms. The molecule has 0 aromatic heterocycles. The average Bonchev–Trinajstić information content (AvgIpc) is 2.21. The van der Waals surface area contributed by atoms with Crippen LogP contribution >= 0.6 is 0 Å². The van der Waals surface area contributed by atoms with Crippen molar-refractivity contribution in [3.05, 3.63) is 24.3 Å². The summed E-state index contributed by atoms with van der Waals surface area (Å²) in [5.41, 5.74) is 5.76. The van der Waals surface area contributed by atoms with E-state index >= 15 is 0 Å². The van der Waals surface area contributed by atoms with Gasteiger partial charge in [0, 0.05) is 6.54 Å². The van der Waals surface area contributed by atoms with E-state index in [1.165, 1.54) is 25.1 Å². The molecule has 0 saturated heterocycles. The molecule has 0 saturated carbocycles. The first-order valence-electron chi connectivity index (χ1n) is 4.55. The highest BCUT2D eigenvalue weighted by Gasteiger charge is 2.32. The van der Waals surface area contributed by atoms with E-state index in [1.807, 2.05) is 0 Å². The van der Waals surface area contributed by atoms with Gasteiger partial charge < -0.3 is 5.73 Å². The zero-order chi connectivity index (χ0) is 12.3. The lowest BCUT2D eigenvalue weighted by molar-refractivity contribution is 0.234. The van der Waals surface area contributed by atoms with Gasteiger partial charge in [-0.1, -0.05) is 12.1 Å². The number of benzene rings is 1. The highest BCUT2D eigenvalue weighted by molar-refractivity contribution is 7.93. The van der Waals surface area contributed by atoms with Gasteiger partial charge in [-0.15, -0.1) is 0 Å². The predicted molar refractivity (Wildman–Crippen MR) is 58.8 cm³/mol. The quantitative estimate of drug-likeness (QED) is 0.826. The number of para-hydroxylation sites is 2. The topological polar surface area (TPSA) is 63.4 Å². The second kappa shape index (κ2) is 4.65. The Morgan fingerprint density at radius 1 is 1.38 bits per heavy atom.